The van der Waals surface area contributed by atoms with Crippen molar-refractivity contribution in [3.05, 3.63) is 59.7 Å². The molecule has 0 aliphatic carbocycles. The second-order valence-corrected chi connectivity index (χ2v) is 7.86. The number of carbonyl (C=O) groups excluding carboxylic acids is 2. The third-order valence-electron chi connectivity index (χ3n) is 4.24. The Morgan fingerprint density at radius 3 is 2.34 bits per heavy atom. The third-order valence-corrected chi connectivity index (χ3v) is 6.08. The fraction of sp³-hybridized carbons (Fsp3) is 0.200. The standard InChI is InChI=1S/C20H19NO7S/c1-26-15-11-14(12-16(13-15)27-2)7-8-19(22)28-10-9-21-20(23)17-5-3-4-6-18(17)29(21,24)25/h3-8,11-13H,9-10H2,1-2H3/b8-7+. The number of hydrogen-bond donors (Lipinski definition) is 0. The van der Waals surface area contributed by atoms with Gasteiger partial charge in [0.2, 0.25) is 0 Å². The molecule has 0 atom stereocenters. The molecule has 0 spiro atoms. The zero-order chi connectivity index (χ0) is 21.0. The van der Waals surface area contributed by atoms with Crippen molar-refractivity contribution in [1.82, 2.24) is 4.31 Å². The highest BCUT2D eigenvalue weighted by molar-refractivity contribution is 7.90. The number of hydrogen-bond acceptors (Lipinski definition) is 7. The molecule has 0 fully saturated rings. The van der Waals surface area contributed by atoms with E-state index in [1.165, 1.54) is 38.5 Å². The van der Waals surface area contributed by atoms with E-state index < -0.39 is 21.9 Å². The first-order chi connectivity index (χ1) is 13.9. The van der Waals surface area contributed by atoms with Crippen LogP contribution in [0.1, 0.15) is 15.9 Å². The molecule has 9 heteroatoms. The SMILES string of the molecule is COc1cc(/C=C/C(=O)OCCN2C(=O)c3ccccc3S2(=O)=O)cc(OC)c1. The predicted molar refractivity (Wildman–Crippen MR) is 104 cm³/mol. The number of sulfonamides is 1. The Bertz CT molecular complexity index is 1050. The van der Waals surface area contributed by atoms with E-state index in [-0.39, 0.29) is 23.6 Å². The van der Waals surface area contributed by atoms with Crippen LogP contribution in [-0.4, -0.2) is 52.0 Å². The van der Waals surface area contributed by atoms with E-state index in [4.69, 9.17) is 14.2 Å². The molecule has 0 bridgehead atoms. The van der Waals surface area contributed by atoms with Gasteiger partial charge in [-0.05, 0) is 35.9 Å². The van der Waals surface area contributed by atoms with Gasteiger partial charge in [0.1, 0.15) is 23.0 Å². The molecular weight excluding hydrogens is 398 g/mol. The van der Waals surface area contributed by atoms with E-state index in [0.717, 1.165) is 0 Å². The Balaban J connectivity index is 1.60. The van der Waals surface area contributed by atoms with Gasteiger partial charge >= 0.3 is 5.97 Å². The number of ether oxygens (including phenoxy) is 3. The van der Waals surface area contributed by atoms with Crippen molar-refractivity contribution in [1.29, 1.82) is 0 Å². The van der Waals surface area contributed by atoms with Gasteiger partial charge in [-0.1, -0.05) is 12.1 Å². The Morgan fingerprint density at radius 2 is 1.72 bits per heavy atom. The number of rotatable bonds is 7. The van der Waals surface area contributed by atoms with Crippen molar-refractivity contribution in [2.75, 3.05) is 27.4 Å². The van der Waals surface area contributed by atoms with E-state index in [2.05, 4.69) is 0 Å². The molecule has 1 heterocycles. The van der Waals surface area contributed by atoms with E-state index in [1.807, 2.05) is 0 Å². The zero-order valence-corrected chi connectivity index (χ0v) is 16.6. The first-order valence-electron chi connectivity index (χ1n) is 8.61. The Labute approximate surface area is 168 Å². The van der Waals surface area contributed by atoms with Crippen molar-refractivity contribution >= 4 is 28.0 Å². The monoisotopic (exact) mass is 417 g/mol. The van der Waals surface area contributed by atoms with E-state index >= 15 is 0 Å². The maximum atomic E-state index is 12.4. The van der Waals surface area contributed by atoms with E-state index in [9.17, 15) is 18.0 Å². The largest absolute Gasteiger partial charge is 0.497 e. The number of esters is 1. The van der Waals surface area contributed by atoms with Gasteiger partial charge in [0, 0.05) is 12.1 Å². The lowest BCUT2D eigenvalue weighted by atomic mass is 10.2. The summed E-state index contributed by atoms with van der Waals surface area (Å²) in [7, 11) is -0.885. The average molecular weight is 417 g/mol. The Morgan fingerprint density at radius 1 is 1.07 bits per heavy atom. The molecule has 1 amide bonds. The maximum Gasteiger partial charge on any atom is 0.330 e. The molecule has 0 aromatic heterocycles. The second-order valence-electron chi connectivity index (χ2n) is 6.03. The van der Waals surface area contributed by atoms with Crippen molar-refractivity contribution in [3.63, 3.8) is 0 Å². The summed E-state index contributed by atoms with van der Waals surface area (Å²) >= 11 is 0. The molecular formula is C20H19NO7S. The minimum absolute atomic E-state index is 0.0387. The van der Waals surface area contributed by atoms with Crippen LogP contribution >= 0.6 is 0 Å². The van der Waals surface area contributed by atoms with Crippen LogP contribution in [-0.2, 0) is 19.6 Å². The lowest BCUT2D eigenvalue weighted by molar-refractivity contribution is -0.137. The Hall–Kier alpha value is -3.33. The van der Waals surface area contributed by atoms with Crippen molar-refractivity contribution < 1.29 is 32.2 Å². The van der Waals surface area contributed by atoms with E-state index in [1.54, 1.807) is 30.3 Å². The quantitative estimate of drug-likeness (QED) is 0.502. The lowest BCUT2D eigenvalue weighted by Gasteiger charge is -2.14. The molecule has 1 aliphatic heterocycles. The van der Waals surface area contributed by atoms with Crippen LogP contribution in [0, 0.1) is 0 Å². The van der Waals surface area contributed by atoms with Gasteiger partial charge in [0.05, 0.1) is 26.3 Å². The summed E-state index contributed by atoms with van der Waals surface area (Å²) in [4.78, 5) is 24.2. The molecule has 1 aliphatic rings. The van der Waals surface area contributed by atoms with E-state index in [0.29, 0.717) is 21.4 Å². The molecule has 29 heavy (non-hydrogen) atoms. The van der Waals surface area contributed by atoms with Gasteiger partial charge in [0.15, 0.2) is 0 Å². The van der Waals surface area contributed by atoms with Gasteiger partial charge in [0.25, 0.3) is 15.9 Å². The molecule has 0 N–H and O–H groups in total. The summed E-state index contributed by atoms with van der Waals surface area (Å²) in [5, 5.41) is 0. The average Bonchev–Trinajstić information content (AvgIpc) is 2.92. The number of fused-ring (bicyclic) bond motifs is 1. The number of benzene rings is 2. The van der Waals surface area contributed by atoms with Crippen LogP contribution in [0.5, 0.6) is 11.5 Å². The predicted octanol–water partition coefficient (Wildman–Crippen LogP) is 2.10. The van der Waals surface area contributed by atoms with Gasteiger partial charge in [-0.2, -0.15) is 0 Å². The lowest BCUT2D eigenvalue weighted by Crippen LogP contribution is -2.33. The summed E-state index contributed by atoms with van der Waals surface area (Å²) in [6, 6.07) is 11.1. The molecule has 0 unspecified atom stereocenters. The highest BCUT2D eigenvalue weighted by Gasteiger charge is 2.40. The van der Waals surface area contributed by atoms with Crippen LogP contribution in [0.2, 0.25) is 0 Å². The van der Waals surface area contributed by atoms with Crippen molar-refractivity contribution in [2.45, 2.75) is 4.90 Å². The van der Waals surface area contributed by atoms with Crippen LogP contribution < -0.4 is 9.47 Å². The minimum Gasteiger partial charge on any atom is -0.497 e. The summed E-state index contributed by atoms with van der Waals surface area (Å²) in [5.41, 5.74) is 0.775. The number of nitrogens with zero attached hydrogens (tertiary/aromatic N) is 1. The Kier molecular flexibility index (Phi) is 5.88. The highest BCUT2D eigenvalue weighted by Crippen LogP contribution is 2.29. The number of carbonyl (C=O) groups is 2. The molecule has 2 aromatic rings. The summed E-state index contributed by atoms with van der Waals surface area (Å²) in [5.74, 6) is -0.173. The maximum absolute atomic E-state index is 12.4. The fourth-order valence-electron chi connectivity index (χ4n) is 2.82. The first kappa shape index (κ1) is 20.4. The number of amides is 1. The summed E-state index contributed by atoms with van der Waals surface area (Å²) in [6.45, 7) is -0.522. The molecule has 3 rings (SSSR count). The van der Waals surface area contributed by atoms with Crippen molar-refractivity contribution in [2.24, 2.45) is 0 Å². The molecule has 0 radical (unpaired) electrons. The summed E-state index contributed by atoms with van der Waals surface area (Å²) < 4.78 is 40.9. The van der Waals surface area contributed by atoms with Crippen LogP contribution in [0.4, 0.5) is 0 Å². The van der Waals surface area contributed by atoms with Gasteiger partial charge < -0.3 is 14.2 Å². The molecule has 2 aromatic carbocycles. The second kappa shape index (κ2) is 8.36. The number of methoxy groups -OCH3 is 2. The van der Waals surface area contributed by atoms with Crippen molar-refractivity contribution in [3.8, 4) is 11.5 Å². The molecule has 8 nitrogen and oxygen atoms in total. The zero-order valence-electron chi connectivity index (χ0n) is 15.8. The minimum atomic E-state index is -3.92. The van der Waals surface area contributed by atoms with Gasteiger partial charge in [-0.15, -0.1) is 0 Å². The molecule has 0 saturated carbocycles. The van der Waals surface area contributed by atoms with Gasteiger partial charge in [-0.3, -0.25) is 4.79 Å². The smallest absolute Gasteiger partial charge is 0.330 e. The third kappa shape index (κ3) is 4.24. The van der Waals surface area contributed by atoms with Crippen LogP contribution in [0.3, 0.4) is 0 Å². The molecule has 152 valence electrons. The highest BCUT2D eigenvalue weighted by atomic mass is 32.2. The van der Waals surface area contributed by atoms with Crippen LogP contribution in [0.25, 0.3) is 6.08 Å². The molecule has 0 saturated heterocycles. The summed E-state index contributed by atoms with van der Waals surface area (Å²) in [6.07, 6.45) is 2.71. The first-order valence-corrected chi connectivity index (χ1v) is 10.0. The normalized spacial score (nSPS) is 14.7. The fourth-order valence-corrected chi connectivity index (χ4v) is 4.37. The topological polar surface area (TPSA) is 99.2 Å². The van der Waals surface area contributed by atoms with Crippen LogP contribution in [0.15, 0.2) is 53.4 Å². The van der Waals surface area contributed by atoms with Gasteiger partial charge in [-0.25, -0.2) is 17.5 Å².